The van der Waals surface area contributed by atoms with Gasteiger partial charge in [0.25, 0.3) is 5.78 Å². The summed E-state index contributed by atoms with van der Waals surface area (Å²) in [6.07, 6.45) is 1.74. The number of imidazole rings is 1. The third kappa shape index (κ3) is 4.07. The van der Waals surface area contributed by atoms with Gasteiger partial charge in [-0.15, -0.1) is 0 Å². The predicted molar refractivity (Wildman–Crippen MR) is 154 cm³/mol. The molecule has 0 saturated carbocycles. The van der Waals surface area contributed by atoms with Crippen LogP contribution in [0, 0.1) is 6.92 Å². The minimum absolute atomic E-state index is 0.0812. The van der Waals surface area contributed by atoms with Gasteiger partial charge in [-0.05, 0) is 61.9 Å². The molecule has 1 amide bonds. The minimum atomic E-state index is -1.01. The third-order valence-electron chi connectivity index (χ3n) is 6.72. The number of halogens is 1. The standard InChI is InChI=1S/C29H23ClN4O5S/c1-4-39-19-11-8-16(13-20(19)38-3)25-23(26(35)24-15(2)31-22-7-5-6-12-33(22)24)27(36)28(37)34(25)29-32-18-10-9-17(30)14-21(18)40-29/h5-14,25,35H,4H2,1-3H3/b26-23+. The number of thiazole rings is 1. The van der Waals surface area contributed by atoms with Crippen molar-refractivity contribution in [1.29, 1.82) is 0 Å². The van der Waals surface area contributed by atoms with Gasteiger partial charge in [0.2, 0.25) is 0 Å². The number of aliphatic hydroxyl groups is 1. The molecular weight excluding hydrogens is 552 g/mol. The first-order valence-electron chi connectivity index (χ1n) is 12.4. The molecule has 11 heteroatoms. The number of carbonyl (C=O) groups is 2. The summed E-state index contributed by atoms with van der Waals surface area (Å²) in [7, 11) is 1.51. The summed E-state index contributed by atoms with van der Waals surface area (Å²) >= 11 is 7.42. The zero-order chi connectivity index (χ0) is 28.1. The maximum atomic E-state index is 13.7. The number of methoxy groups -OCH3 is 1. The molecule has 1 fully saturated rings. The van der Waals surface area contributed by atoms with Crippen LogP contribution in [-0.2, 0) is 9.59 Å². The first-order chi connectivity index (χ1) is 19.3. The average molecular weight is 575 g/mol. The second kappa shape index (κ2) is 9.96. The fourth-order valence-electron chi connectivity index (χ4n) is 4.99. The number of nitrogens with zero attached hydrogens (tertiary/aromatic N) is 4. The van der Waals surface area contributed by atoms with E-state index in [4.69, 9.17) is 21.1 Å². The van der Waals surface area contributed by atoms with Gasteiger partial charge >= 0.3 is 5.91 Å². The van der Waals surface area contributed by atoms with Crippen molar-refractivity contribution in [1.82, 2.24) is 14.4 Å². The van der Waals surface area contributed by atoms with E-state index in [1.807, 2.05) is 13.0 Å². The van der Waals surface area contributed by atoms with Crippen molar-refractivity contribution in [3.05, 3.63) is 88.3 Å². The molecule has 5 aromatic rings. The van der Waals surface area contributed by atoms with Crippen LogP contribution in [0.15, 0.2) is 66.4 Å². The number of fused-ring (bicyclic) bond motifs is 2. The Labute approximate surface area is 237 Å². The van der Waals surface area contributed by atoms with E-state index in [1.165, 1.54) is 23.3 Å². The van der Waals surface area contributed by atoms with E-state index < -0.39 is 17.7 Å². The molecule has 1 unspecified atom stereocenters. The molecule has 0 aliphatic carbocycles. The van der Waals surface area contributed by atoms with Crippen molar-refractivity contribution in [3.63, 3.8) is 0 Å². The molecule has 2 aromatic carbocycles. The van der Waals surface area contributed by atoms with E-state index in [-0.39, 0.29) is 11.3 Å². The second-order valence-corrected chi connectivity index (χ2v) is 10.5. The van der Waals surface area contributed by atoms with Crippen LogP contribution in [0.3, 0.4) is 0 Å². The van der Waals surface area contributed by atoms with Crippen LogP contribution in [0.2, 0.25) is 5.02 Å². The molecule has 0 spiro atoms. The topological polar surface area (TPSA) is 106 Å². The summed E-state index contributed by atoms with van der Waals surface area (Å²) in [5.74, 6) is -1.04. The third-order valence-corrected chi connectivity index (χ3v) is 7.97. The molecule has 40 heavy (non-hydrogen) atoms. The molecular formula is C29H23ClN4O5S. The number of benzene rings is 2. The zero-order valence-corrected chi connectivity index (χ0v) is 23.3. The smallest absolute Gasteiger partial charge is 0.301 e. The Morgan fingerprint density at radius 1 is 1.10 bits per heavy atom. The number of amides is 1. The lowest BCUT2D eigenvalue weighted by atomic mass is 9.96. The number of anilines is 1. The first kappa shape index (κ1) is 25.8. The van der Waals surface area contributed by atoms with Crippen molar-refractivity contribution in [2.75, 3.05) is 18.6 Å². The van der Waals surface area contributed by atoms with Gasteiger partial charge in [-0.3, -0.25) is 18.9 Å². The summed E-state index contributed by atoms with van der Waals surface area (Å²) in [6, 6.07) is 14.8. The Balaban J connectivity index is 1.61. The van der Waals surface area contributed by atoms with Crippen molar-refractivity contribution < 1.29 is 24.2 Å². The molecule has 1 aliphatic rings. The van der Waals surface area contributed by atoms with E-state index in [2.05, 4.69) is 9.97 Å². The van der Waals surface area contributed by atoms with Crippen LogP contribution < -0.4 is 14.4 Å². The fourth-order valence-corrected chi connectivity index (χ4v) is 6.26. The van der Waals surface area contributed by atoms with Crippen molar-refractivity contribution in [2.45, 2.75) is 19.9 Å². The highest BCUT2D eigenvalue weighted by Gasteiger charge is 2.49. The van der Waals surface area contributed by atoms with Crippen LogP contribution in [0.25, 0.3) is 21.6 Å². The van der Waals surface area contributed by atoms with E-state index in [0.717, 1.165) is 4.70 Å². The Kier molecular flexibility index (Phi) is 6.44. The van der Waals surface area contributed by atoms with Gasteiger partial charge in [0.1, 0.15) is 11.3 Å². The number of hydrogen-bond acceptors (Lipinski definition) is 8. The van der Waals surface area contributed by atoms with Crippen LogP contribution in [0.1, 0.15) is 29.9 Å². The van der Waals surface area contributed by atoms with E-state index >= 15 is 0 Å². The quantitative estimate of drug-likeness (QED) is 0.152. The van der Waals surface area contributed by atoms with Crippen LogP contribution in [0.5, 0.6) is 11.5 Å². The Bertz CT molecular complexity index is 1860. The number of aliphatic hydroxyl groups excluding tert-OH is 1. The van der Waals surface area contributed by atoms with Gasteiger partial charge in [-0.2, -0.15) is 0 Å². The first-order valence-corrected chi connectivity index (χ1v) is 13.6. The van der Waals surface area contributed by atoms with Gasteiger partial charge in [0.05, 0.1) is 41.2 Å². The lowest BCUT2D eigenvalue weighted by Gasteiger charge is -2.24. The molecule has 1 N–H and O–H groups in total. The van der Waals surface area contributed by atoms with Crippen molar-refractivity contribution in [3.8, 4) is 11.5 Å². The SMILES string of the molecule is CCOc1ccc(C2/C(=C(\O)c3c(C)nc4ccccn34)C(=O)C(=O)N2c2nc3ccc(Cl)cc3s2)cc1OC. The Hall–Kier alpha value is -4.41. The van der Waals surface area contributed by atoms with Crippen molar-refractivity contribution in [2.24, 2.45) is 0 Å². The van der Waals surface area contributed by atoms with E-state index in [1.54, 1.807) is 66.1 Å². The maximum Gasteiger partial charge on any atom is 0.301 e. The molecule has 1 saturated heterocycles. The number of hydrogen-bond donors (Lipinski definition) is 1. The maximum absolute atomic E-state index is 13.7. The monoisotopic (exact) mass is 574 g/mol. The average Bonchev–Trinajstić information content (AvgIpc) is 3.59. The molecule has 4 heterocycles. The molecule has 1 atom stereocenters. The summed E-state index contributed by atoms with van der Waals surface area (Å²) in [6.45, 7) is 4.03. The predicted octanol–water partition coefficient (Wildman–Crippen LogP) is 5.94. The number of Topliss-reactive ketones (excluding diaryl/α,β-unsaturated/α-hetero) is 1. The molecule has 9 nitrogen and oxygen atoms in total. The second-order valence-electron chi connectivity index (χ2n) is 9.10. The number of ketones is 1. The van der Waals surface area contributed by atoms with Gasteiger partial charge < -0.3 is 14.6 Å². The number of ether oxygens (including phenoxy) is 2. The van der Waals surface area contributed by atoms with Gasteiger partial charge in [-0.25, -0.2) is 9.97 Å². The highest BCUT2D eigenvalue weighted by molar-refractivity contribution is 7.22. The zero-order valence-electron chi connectivity index (χ0n) is 21.7. The number of aryl methyl sites for hydroxylation is 1. The highest BCUT2D eigenvalue weighted by atomic mass is 35.5. The van der Waals surface area contributed by atoms with Gasteiger partial charge in [0, 0.05) is 11.2 Å². The van der Waals surface area contributed by atoms with Crippen LogP contribution in [-0.4, -0.2) is 44.9 Å². The largest absolute Gasteiger partial charge is 0.505 e. The number of pyridine rings is 1. The molecule has 202 valence electrons. The lowest BCUT2D eigenvalue weighted by Crippen LogP contribution is -2.29. The Morgan fingerprint density at radius 3 is 2.70 bits per heavy atom. The number of aromatic nitrogens is 3. The van der Waals surface area contributed by atoms with Crippen LogP contribution >= 0.6 is 22.9 Å². The van der Waals surface area contributed by atoms with Gasteiger partial charge in [-0.1, -0.05) is 35.1 Å². The van der Waals surface area contributed by atoms with E-state index in [9.17, 15) is 14.7 Å². The van der Waals surface area contributed by atoms with Crippen LogP contribution in [0.4, 0.5) is 5.13 Å². The lowest BCUT2D eigenvalue weighted by molar-refractivity contribution is -0.132. The summed E-state index contributed by atoms with van der Waals surface area (Å²) in [5, 5.41) is 12.6. The Morgan fingerprint density at radius 2 is 1.93 bits per heavy atom. The fraction of sp³-hybridized carbons (Fsp3) is 0.172. The summed E-state index contributed by atoms with van der Waals surface area (Å²) < 4.78 is 13.7. The number of rotatable bonds is 6. The molecule has 3 aromatic heterocycles. The molecule has 1 aliphatic heterocycles. The normalized spacial score (nSPS) is 16.8. The number of carbonyl (C=O) groups excluding carboxylic acids is 2. The van der Waals surface area contributed by atoms with Gasteiger partial charge in [0.15, 0.2) is 22.4 Å². The van der Waals surface area contributed by atoms with E-state index in [0.29, 0.717) is 56.4 Å². The minimum Gasteiger partial charge on any atom is -0.505 e. The summed E-state index contributed by atoms with van der Waals surface area (Å²) in [4.78, 5) is 37.9. The highest BCUT2D eigenvalue weighted by Crippen LogP contribution is 2.46. The summed E-state index contributed by atoms with van der Waals surface area (Å²) in [5.41, 5.74) is 2.51. The molecule has 0 bridgehead atoms. The molecule has 6 rings (SSSR count). The van der Waals surface area contributed by atoms with Crippen molar-refractivity contribution >= 4 is 61.4 Å². The molecule has 0 radical (unpaired) electrons.